The molecule has 0 bridgehead atoms. The van der Waals surface area contributed by atoms with Gasteiger partial charge >= 0.3 is 5.91 Å². The van der Waals surface area contributed by atoms with Crippen LogP contribution in [0.1, 0.15) is 47.7 Å². The summed E-state index contributed by atoms with van der Waals surface area (Å²) in [7, 11) is 0. The van der Waals surface area contributed by atoms with Crippen molar-refractivity contribution >= 4 is 23.2 Å². The van der Waals surface area contributed by atoms with Crippen LogP contribution in [-0.2, 0) is 19.4 Å². The van der Waals surface area contributed by atoms with Gasteiger partial charge in [-0.2, -0.15) is 0 Å². The Morgan fingerprint density at radius 2 is 2.00 bits per heavy atom. The molecule has 1 aliphatic carbocycles. The zero-order valence-electron chi connectivity index (χ0n) is 15.6. The van der Waals surface area contributed by atoms with Crippen LogP contribution in [0.4, 0.5) is 0 Å². The van der Waals surface area contributed by atoms with Crippen LogP contribution in [0.5, 0.6) is 5.75 Å². The van der Waals surface area contributed by atoms with Crippen molar-refractivity contribution in [3.05, 3.63) is 53.0 Å². The lowest BCUT2D eigenvalue weighted by atomic mass is 10.1. The highest BCUT2D eigenvalue weighted by Crippen LogP contribution is 2.26. The van der Waals surface area contributed by atoms with Crippen LogP contribution in [0.3, 0.4) is 0 Å². The molecule has 0 fully saturated rings. The lowest BCUT2D eigenvalue weighted by Gasteiger charge is -2.12. The van der Waals surface area contributed by atoms with Crippen molar-refractivity contribution in [2.24, 2.45) is 5.92 Å². The van der Waals surface area contributed by atoms with Gasteiger partial charge in [0, 0.05) is 6.54 Å². The Morgan fingerprint density at radius 1 is 1.19 bits per heavy atom. The Kier molecular flexibility index (Phi) is 6.34. The largest absolute Gasteiger partial charge is 0.486 e. The number of ether oxygens (including phenoxy) is 1. The molecule has 0 saturated heterocycles. The molecule has 1 heterocycles. The molecule has 6 nitrogen and oxygen atoms in total. The zero-order valence-corrected chi connectivity index (χ0v) is 16.4. The van der Waals surface area contributed by atoms with E-state index in [-0.39, 0.29) is 12.4 Å². The molecule has 1 aromatic carbocycles. The standard InChI is InChI=1S/C20H25N3O3S/c1-13(2)11-21-20(27)23-22-19(24)18-9-8-17(26-18)12-25-16-7-6-14-4-3-5-15(14)10-16/h6-10,13H,3-5,11-12H2,1-2H3,(H,22,24)(H2,21,23,27). The first kappa shape index (κ1) is 19.2. The van der Waals surface area contributed by atoms with Gasteiger partial charge in [-0.15, -0.1) is 0 Å². The first-order valence-electron chi connectivity index (χ1n) is 9.19. The van der Waals surface area contributed by atoms with E-state index in [2.05, 4.69) is 42.1 Å². The Labute approximate surface area is 164 Å². The van der Waals surface area contributed by atoms with E-state index in [4.69, 9.17) is 21.4 Å². The molecule has 1 aliphatic rings. The van der Waals surface area contributed by atoms with Gasteiger partial charge in [-0.1, -0.05) is 19.9 Å². The van der Waals surface area contributed by atoms with E-state index in [0.717, 1.165) is 25.1 Å². The summed E-state index contributed by atoms with van der Waals surface area (Å²) in [6.07, 6.45) is 3.47. The number of carbonyl (C=O) groups excluding carboxylic acids is 1. The number of hydrazine groups is 1. The third-order valence-electron chi connectivity index (χ3n) is 4.30. The lowest BCUT2D eigenvalue weighted by molar-refractivity contribution is 0.0911. The van der Waals surface area contributed by atoms with Crippen LogP contribution >= 0.6 is 12.2 Å². The van der Waals surface area contributed by atoms with Gasteiger partial charge in [0.2, 0.25) is 0 Å². The van der Waals surface area contributed by atoms with Gasteiger partial charge in [-0.25, -0.2) is 0 Å². The van der Waals surface area contributed by atoms with Crippen LogP contribution in [0.15, 0.2) is 34.7 Å². The zero-order chi connectivity index (χ0) is 19.2. The van der Waals surface area contributed by atoms with E-state index in [9.17, 15) is 4.79 Å². The molecule has 27 heavy (non-hydrogen) atoms. The maximum Gasteiger partial charge on any atom is 0.305 e. The summed E-state index contributed by atoms with van der Waals surface area (Å²) in [5, 5.41) is 3.37. The summed E-state index contributed by atoms with van der Waals surface area (Å²) in [6.45, 7) is 5.15. The molecule has 0 spiro atoms. The van der Waals surface area contributed by atoms with E-state index in [1.807, 2.05) is 6.07 Å². The van der Waals surface area contributed by atoms with Crippen molar-refractivity contribution in [3.63, 3.8) is 0 Å². The highest BCUT2D eigenvalue weighted by molar-refractivity contribution is 7.80. The second-order valence-corrected chi connectivity index (χ2v) is 7.43. The van der Waals surface area contributed by atoms with Gasteiger partial charge in [-0.05, 0) is 72.8 Å². The number of rotatable bonds is 6. The number of fused-ring (bicyclic) bond motifs is 1. The topological polar surface area (TPSA) is 75.5 Å². The van der Waals surface area contributed by atoms with Gasteiger partial charge in [0.1, 0.15) is 18.1 Å². The highest BCUT2D eigenvalue weighted by atomic mass is 32.1. The van der Waals surface area contributed by atoms with E-state index >= 15 is 0 Å². The summed E-state index contributed by atoms with van der Waals surface area (Å²) in [5.74, 6) is 1.66. The third-order valence-corrected chi connectivity index (χ3v) is 4.54. The fraction of sp³-hybridized carbons (Fsp3) is 0.400. The third kappa shape index (κ3) is 5.47. The Morgan fingerprint density at radius 3 is 2.81 bits per heavy atom. The maximum atomic E-state index is 12.1. The summed E-state index contributed by atoms with van der Waals surface area (Å²) in [5.41, 5.74) is 7.94. The van der Waals surface area contributed by atoms with Crippen LogP contribution in [0.2, 0.25) is 0 Å². The van der Waals surface area contributed by atoms with E-state index in [1.54, 1.807) is 12.1 Å². The molecule has 0 radical (unpaired) electrons. The molecule has 2 aromatic rings. The number of carbonyl (C=O) groups is 1. The highest BCUT2D eigenvalue weighted by Gasteiger charge is 2.13. The predicted molar refractivity (Wildman–Crippen MR) is 108 cm³/mol. The number of benzene rings is 1. The molecular weight excluding hydrogens is 362 g/mol. The first-order valence-corrected chi connectivity index (χ1v) is 9.59. The number of hydrogen-bond acceptors (Lipinski definition) is 4. The Hall–Kier alpha value is -2.54. The molecule has 1 amide bonds. The number of nitrogens with one attached hydrogen (secondary N) is 3. The minimum absolute atomic E-state index is 0.196. The van der Waals surface area contributed by atoms with Gasteiger partial charge in [-0.3, -0.25) is 15.6 Å². The summed E-state index contributed by atoms with van der Waals surface area (Å²) in [4.78, 5) is 12.1. The smallest absolute Gasteiger partial charge is 0.305 e. The maximum absolute atomic E-state index is 12.1. The summed E-state index contributed by atoms with van der Waals surface area (Å²) < 4.78 is 11.3. The van der Waals surface area contributed by atoms with E-state index in [0.29, 0.717) is 16.8 Å². The molecule has 0 saturated carbocycles. The van der Waals surface area contributed by atoms with E-state index in [1.165, 1.54) is 17.5 Å². The van der Waals surface area contributed by atoms with Gasteiger partial charge in [0.15, 0.2) is 10.9 Å². The van der Waals surface area contributed by atoms with Crippen molar-refractivity contribution in [3.8, 4) is 5.75 Å². The normalized spacial score (nSPS) is 12.6. The van der Waals surface area contributed by atoms with Crippen LogP contribution < -0.4 is 20.9 Å². The average molecular weight is 388 g/mol. The Balaban J connectivity index is 1.46. The molecular formula is C20H25N3O3S. The van der Waals surface area contributed by atoms with Gasteiger partial charge in [0.25, 0.3) is 0 Å². The number of thiocarbonyl (C=S) groups is 1. The minimum Gasteiger partial charge on any atom is -0.486 e. The monoisotopic (exact) mass is 387 g/mol. The Bertz CT molecular complexity index is 817. The lowest BCUT2D eigenvalue weighted by Crippen LogP contribution is -2.47. The molecule has 3 N–H and O–H groups in total. The van der Waals surface area contributed by atoms with Crippen molar-refractivity contribution in [2.45, 2.75) is 39.7 Å². The minimum atomic E-state index is -0.396. The molecule has 0 atom stereocenters. The van der Waals surface area contributed by atoms with Gasteiger partial charge in [0.05, 0.1) is 0 Å². The molecule has 3 rings (SSSR count). The van der Waals surface area contributed by atoms with E-state index < -0.39 is 5.91 Å². The quantitative estimate of drug-likeness (QED) is 0.522. The molecule has 144 valence electrons. The van der Waals surface area contributed by atoms with Crippen molar-refractivity contribution in [1.82, 2.24) is 16.2 Å². The summed E-state index contributed by atoms with van der Waals surface area (Å²) in [6, 6.07) is 9.55. The van der Waals surface area contributed by atoms with Crippen LogP contribution in [0.25, 0.3) is 0 Å². The summed E-state index contributed by atoms with van der Waals surface area (Å²) >= 11 is 5.09. The molecule has 0 unspecified atom stereocenters. The van der Waals surface area contributed by atoms with Crippen molar-refractivity contribution in [1.29, 1.82) is 0 Å². The van der Waals surface area contributed by atoms with Crippen LogP contribution in [-0.4, -0.2) is 17.6 Å². The van der Waals surface area contributed by atoms with Gasteiger partial charge < -0.3 is 14.5 Å². The molecule has 7 heteroatoms. The fourth-order valence-electron chi connectivity index (χ4n) is 2.89. The van der Waals surface area contributed by atoms with Crippen molar-refractivity contribution < 1.29 is 13.9 Å². The van der Waals surface area contributed by atoms with Crippen LogP contribution in [0, 0.1) is 5.92 Å². The number of amides is 1. The van der Waals surface area contributed by atoms with Crippen molar-refractivity contribution in [2.75, 3.05) is 6.54 Å². The second kappa shape index (κ2) is 8.90. The fourth-order valence-corrected chi connectivity index (χ4v) is 3.02. The first-order chi connectivity index (χ1) is 13.0. The predicted octanol–water partition coefficient (Wildman–Crippen LogP) is 3.11. The second-order valence-electron chi connectivity index (χ2n) is 7.02. The number of aryl methyl sites for hydroxylation is 2. The molecule has 1 aromatic heterocycles. The molecule has 0 aliphatic heterocycles. The number of furan rings is 1. The number of hydrogen-bond donors (Lipinski definition) is 3. The SMILES string of the molecule is CC(C)CNC(=S)NNC(=O)c1ccc(COc2ccc3c(c2)CCC3)o1. The average Bonchev–Trinajstić information content (AvgIpc) is 3.31.